The molecule has 1 amide bonds. The molecule has 3 N–H and O–H groups in total. The summed E-state index contributed by atoms with van der Waals surface area (Å²) in [5, 5.41) is 3.06. The maximum Gasteiger partial charge on any atom is 0.262 e. The molecule has 0 saturated carbocycles. The first-order chi connectivity index (χ1) is 12.5. The summed E-state index contributed by atoms with van der Waals surface area (Å²) in [6, 6.07) is 10.3. The van der Waals surface area contributed by atoms with E-state index >= 15 is 0 Å². The van der Waals surface area contributed by atoms with Crippen molar-refractivity contribution in [2.45, 2.75) is 6.54 Å². The average Bonchev–Trinajstić information content (AvgIpc) is 2.64. The average molecular weight is 377 g/mol. The molecule has 0 aliphatic rings. The third-order valence-electron chi connectivity index (χ3n) is 3.27. The van der Waals surface area contributed by atoms with Crippen molar-refractivity contribution in [3.63, 3.8) is 0 Å². The Morgan fingerprint density at radius 3 is 2.54 bits per heavy atom. The molecule has 2 aromatic carbocycles. The van der Waals surface area contributed by atoms with Crippen LogP contribution >= 0.6 is 12.2 Å². The molecule has 0 radical (unpaired) electrons. The molecule has 0 atom stereocenters. The lowest BCUT2D eigenvalue weighted by Gasteiger charge is -2.10. The van der Waals surface area contributed by atoms with Crippen molar-refractivity contribution in [3.8, 4) is 5.75 Å². The Hall–Kier alpha value is -3.00. The van der Waals surface area contributed by atoms with E-state index in [-0.39, 0.29) is 16.7 Å². The topological polar surface area (TPSA) is 62.4 Å². The minimum absolute atomic E-state index is 0.130. The van der Waals surface area contributed by atoms with Crippen molar-refractivity contribution < 1.29 is 18.3 Å². The molecule has 0 saturated heterocycles. The number of carbonyl (C=O) groups excluding carboxylic acids is 1. The monoisotopic (exact) mass is 377 g/mol. The van der Waals surface area contributed by atoms with Crippen LogP contribution in [-0.4, -0.2) is 18.1 Å². The molecule has 0 aromatic heterocycles. The fraction of sp³-hybridized carbons (Fsp3) is 0.111. The Labute approximate surface area is 155 Å². The Balaban J connectivity index is 1.76. The summed E-state index contributed by atoms with van der Waals surface area (Å²) in [5.74, 6) is -1.16. The number of benzene rings is 2. The van der Waals surface area contributed by atoms with Crippen molar-refractivity contribution in [1.82, 2.24) is 16.2 Å². The summed E-state index contributed by atoms with van der Waals surface area (Å²) in [7, 11) is 1.38. The van der Waals surface area contributed by atoms with E-state index in [2.05, 4.69) is 16.2 Å². The van der Waals surface area contributed by atoms with Crippen LogP contribution in [0.5, 0.6) is 5.75 Å². The molecule has 0 aliphatic carbocycles. The van der Waals surface area contributed by atoms with Crippen LogP contribution in [0.15, 0.2) is 48.5 Å². The number of hydrogen-bond donors (Lipinski definition) is 3. The van der Waals surface area contributed by atoms with E-state index in [1.54, 1.807) is 18.2 Å². The van der Waals surface area contributed by atoms with E-state index in [1.165, 1.54) is 43.5 Å². The molecule has 0 unspecified atom stereocenters. The first-order valence-electron chi connectivity index (χ1n) is 7.58. The van der Waals surface area contributed by atoms with Gasteiger partial charge in [-0.15, -0.1) is 0 Å². The highest BCUT2D eigenvalue weighted by molar-refractivity contribution is 7.80. The molecular weight excluding hydrogens is 360 g/mol. The Kier molecular flexibility index (Phi) is 7.04. The highest BCUT2D eigenvalue weighted by Gasteiger charge is 2.02. The van der Waals surface area contributed by atoms with E-state index in [1.807, 2.05) is 0 Å². The number of halogens is 2. The van der Waals surface area contributed by atoms with E-state index in [4.69, 9.17) is 17.0 Å². The molecule has 8 heteroatoms. The second-order valence-electron chi connectivity index (χ2n) is 5.15. The minimum atomic E-state index is -0.514. The number of nitrogens with one attached hydrogen (secondary N) is 3. The molecular formula is C18H17F2N3O2S. The summed E-state index contributed by atoms with van der Waals surface area (Å²) in [4.78, 5) is 11.7. The third-order valence-corrected chi connectivity index (χ3v) is 3.51. The van der Waals surface area contributed by atoms with Crippen molar-refractivity contribution in [3.05, 3.63) is 71.3 Å². The van der Waals surface area contributed by atoms with Gasteiger partial charge in [-0.2, -0.15) is 0 Å². The van der Waals surface area contributed by atoms with E-state index in [0.717, 1.165) is 5.56 Å². The fourth-order valence-electron chi connectivity index (χ4n) is 1.95. The maximum atomic E-state index is 13.6. The summed E-state index contributed by atoms with van der Waals surface area (Å²) in [6.07, 6.45) is 2.69. The molecule has 136 valence electrons. The van der Waals surface area contributed by atoms with Crippen LogP contribution in [0.4, 0.5) is 8.78 Å². The highest BCUT2D eigenvalue weighted by atomic mass is 32.1. The van der Waals surface area contributed by atoms with Crippen LogP contribution in [0.1, 0.15) is 11.1 Å². The largest absolute Gasteiger partial charge is 0.494 e. The smallest absolute Gasteiger partial charge is 0.262 e. The van der Waals surface area contributed by atoms with E-state index in [0.29, 0.717) is 12.1 Å². The van der Waals surface area contributed by atoms with Gasteiger partial charge in [-0.25, -0.2) is 8.78 Å². The lowest BCUT2D eigenvalue weighted by atomic mass is 10.2. The Morgan fingerprint density at radius 2 is 1.88 bits per heavy atom. The van der Waals surface area contributed by atoms with Crippen LogP contribution < -0.4 is 20.9 Å². The Bertz CT molecular complexity index is 811. The fourth-order valence-corrected chi connectivity index (χ4v) is 2.07. The summed E-state index contributed by atoms with van der Waals surface area (Å²) < 4.78 is 31.2. The number of methoxy groups -OCH3 is 1. The van der Waals surface area contributed by atoms with Crippen molar-refractivity contribution >= 4 is 29.3 Å². The van der Waals surface area contributed by atoms with E-state index in [9.17, 15) is 13.6 Å². The number of hydrazine groups is 1. The number of carbonyl (C=O) groups is 1. The number of amides is 1. The second-order valence-corrected chi connectivity index (χ2v) is 5.56. The molecule has 0 bridgehead atoms. The predicted octanol–water partition coefficient (Wildman–Crippen LogP) is 2.68. The van der Waals surface area contributed by atoms with Gasteiger partial charge in [0.15, 0.2) is 16.7 Å². The van der Waals surface area contributed by atoms with E-state index < -0.39 is 11.7 Å². The van der Waals surface area contributed by atoms with Crippen LogP contribution in [0.3, 0.4) is 0 Å². The quantitative estimate of drug-likeness (QED) is 0.425. The normalized spacial score (nSPS) is 10.4. The molecule has 26 heavy (non-hydrogen) atoms. The van der Waals surface area contributed by atoms with Crippen LogP contribution in [0.2, 0.25) is 0 Å². The maximum absolute atomic E-state index is 13.6. The first kappa shape index (κ1) is 19.3. The second kappa shape index (κ2) is 9.47. The van der Waals surface area contributed by atoms with Crippen LogP contribution in [0.25, 0.3) is 6.08 Å². The number of rotatable bonds is 5. The van der Waals surface area contributed by atoms with Crippen molar-refractivity contribution in [2.24, 2.45) is 0 Å². The van der Waals surface area contributed by atoms with Crippen molar-refractivity contribution in [2.75, 3.05) is 7.11 Å². The number of ether oxygens (including phenoxy) is 1. The van der Waals surface area contributed by atoms with Gasteiger partial charge in [0.1, 0.15) is 5.82 Å². The van der Waals surface area contributed by atoms with Gasteiger partial charge in [0.2, 0.25) is 0 Å². The SMILES string of the molecule is COc1ccc(/C=C/C(=O)NNC(=S)NCc2ccc(F)cc2)cc1F. The summed E-state index contributed by atoms with van der Waals surface area (Å²) in [6.45, 7) is 0.378. The van der Waals surface area contributed by atoms with Crippen LogP contribution in [-0.2, 0) is 11.3 Å². The molecule has 0 spiro atoms. The number of thiocarbonyl (C=S) groups is 1. The highest BCUT2D eigenvalue weighted by Crippen LogP contribution is 2.18. The molecule has 0 heterocycles. The zero-order chi connectivity index (χ0) is 18.9. The Morgan fingerprint density at radius 1 is 1.15 bits per heavy atom. The third kappa shape index (κ3) is 6.14. The van der Waals surface area contributed by atoms with Gasteiger partial charge in [0.05, 0.1) is 7.11 Å². The molecule has 0 aliphatic heterocycles. The lowest BCUT2D eigenvalue weighted by molar-refractivity contribution is -0.116. The van der Waals surface area contributed by atoms with Crippen LogP contribution in [0, 0.1) is 11.6 Å². The zero-order valence-electron chi connectivity index (χ0n) is 13.9. The van der Waals surface area contributed by atoms with Gasteiger partial charge in [-0.05, 0) is 53.7 Å². The van der Waals surface area contributed by atoms with Gasteiger partial charge >= 0.3 is 0 Å². The van der Waals surface area contributed by atoms with Gasteiger partial charge in [-0.3, -0.25) is 15.6 Å². The van der Waals surface area contributed by atoms with Gasteiger partial charge in [0, 0.05) is 12.6 Å². The summed E-state index contributed by atoms with van der Waals surface area (Å²) >= 11 is 5.02. The van der Waals surface area contributed by atoms with Gasteiger partial charge in [0.25, 0.3) is 5.91 Å². The molecule has 5 nitrogen and oxygen atoms in total. The standard InChI is InChI=1S/C18H17F2N3O2S/c1-25-16-8-4-12(10-15(16)20)5-9-17(24)22-23-18(26)21-11-13-2-6-14(19)7-3-13/h2-10H,11H2,1H3,(H,22,24)(H2,21,23,26)/b9-5+. The predicted molar refractivity (Wildman–Crippen MR) is 99.1 cm³/mol. The molecule has 2 aromatic rings. The minimum Gasteiger partial charge on any atom is -0.494 e. The molecule has 2 rings (SSSR count). The van der Waals surface area contributed by atoms with Gasteiger partial charge < -0.3 is 10.1 Å². The molecule has 0 fully saturated rings. The summed E-state index contributed by atoms with van der Waals surface area (Å²) in [5.41, 5.74) is 6.25. The first-order valence-corrected chi connectivity index (χ1v) is 7.98. The zero-order valence-corrected chi connectivity index (χ0v) is 14.7. The number of hydrogen-bond acceptors (Lipinski definition) is 3. The van der Waals surface area contributed by atoms with Crippen molar-refractivity contribution in [1.29, 1.82) is 0 Å². The lowest BCUT2D eigenvalue weighted by Crippen LogP contribution is -2.45. The van der Waals surface area contributed by atoms with Gasteiger partial charge in [-0.1, -0.05) is 18.2 Å².